The SMILES string of the molecule is O=C(CC1CCCCCC1)NC[C@H](O)C(=O)O. The van der Waals surface area contributed by atoms with Gasteiger partial charge in [-0.15, -0.1) is 0 Å². The Balaban J connectivity index is 2.21. The molecule has 1 aliphatic carbocycles. The lowest BCUT2D eigenvalue weighted by Gasteiger charge is -2.14. The van der Waals surface area contributed by atoms with Crippen LogP contribution in [-0.2, 0) is 9.59 Å². The molecule has 5 heteroatoms. The Bertz CT molecular complexity index is 259. The first-order valence-electron chi connectivity index (χ1n) is 6.27. The number of rotatable bonds is 5. The van der Waals surface area contributed by atoms with Crippen LogP contribution < -0.4 is 5.32 Å². The van der Waals surface area contributed by atoms with E-state index in [0.717, 1.165) is 12.8 Å². The van der Waals surface area contributed by atoms with Crippen molar-refractivity contribution in [3.8, 4) is 0 Å². The van der Waals surface area contributed by atoms with Gasteiger partial charge >= 0.3 is 5.97 Å². The van der Waals surface area contributed by atoms with Crippen molar-refractivity contribution in [2.45, 2.75) is 51.0 Å². The Hall–Kier alpha value is -1.10. The number of carboxylic acids is 1. The van der Waals surface area contributed by atoms with Gasteiger partial charge in [-0.1, -0.05) is 25.7 Å². The molecule has 1 amide bonds. The van der Waals surface area contributed by atoms with Crippen LogP contribution in [0.25, 0.3) is 0 Å². The van der Waals surface area contributed by atoms with Gasteiger partial charge in [-0.05, 0) is 18.8 Å². The second kappa shape index (κ2) is 7.27. The summed E-state index contributed by atoms with van der Waals surface area (Å²) in [5.74, 6) is -1.04. The largest absolute Gasteiger partial charge is 0.479 e. The Labute approximate surface area is 101 Å². The minimum Gasteiger partial charge on any atom is -0.479 e. The van der Waals surface area contributed by atoms with Crippen molar-refractivity contribution < 1.29 is 19.8 Å². The number of hydrogen-bond acceptors (Lipinski definition) is 3. The van der Waals surface area contributed by atoms with E-state index in [4.69, 9.17) is 10.2 Å². The Morgan fingerprint density at radius 3 is 2.29 bits per heavy atom. The Morgan fingerprint density at radius 2 is 1.76 bits per heavy atom. The summed E-state index contributed by atoms with van der Waals surface area (Å²) in [7, 11) is 0. The highest BCUT2D eigenvalue weighted by Gasteiger charge is 2.18. The van der Waals surface area contributed by atoms with Crippen LogP contribution in [0, 0.1) is 5.92 Å². The van der Waals surface area contributed by atoms with E-state index in [1.807, 2.05) is 0 Å². The fraction of sp³-hybridized carbons (Fsp3) is 0.833. The third-order valence-corrected chi connectivity index (χ3v) is 3.23. The fourth-order valence-corrected chi connectivity index (χ4v) is 2.20. The number of nitrogens with one attached hydrogen (secondary N) is 1. The summed E-state index contributed by atoms with van der Waals surface area (Å²) < 4.78 is 0. The molecular weight excluding hydrogens is 222 g/mol. The number of carboxylic acid groups (broad SMARTS) is 1. The summed E-state index contributed by atoms with van der Waals surface area (Å²) >= 11 is 0. The first-order valence-corrected chi connectivity index (χ1v) is 6.27. The van der Waals surface area contributed by atoms with Crippen molar-refractivity contribution in [2.24, 2.45) is 5.92 Å². The third kappa shape index (κ3) is 5.68. The van der Waals surface area contributed by atoms with Crippen molar-refractivity contribution in [3.63, 3.8) is 0 Å². The standard InChI is InChI=1S/C12H21NO4/c14-10(12(16)17)8-13-11(15)7-9-5-3-1-2-4-6-9/h9-10,14H,1-8H2,(H,13,15)(H,16,17)/t10-/m0/s1. The zero-order chi connectivity index (χ0) is 12.7. The van der Waals surface area contributed by atoms with Crippen molar-refractivity contribution in [2.75, 3.05) is 6.54 Å². The van der Waals surface area contributed by atoms with Crippen LogP contribution in [0.3, 0.4) is 0 Å². The summed E-state index contributed by atoms with van der Waals surface area (Å²) in [6.07, 6.45) is 5.95. The molecule has 0 aromatic heterocycles. The van der Waals surface area contributed by atoms with E-state index in [0.29, 0.717) is 12.3 Å². The van der Waals surface area contributed by atoms with Crippen LogP contribution in [0.2, 0.25) is 0 Å². The molecule has 0 saturated heterocycles. The molecule has 1 aliphatic rings. The summed E-state index contributed by atoms with van der Waals surface area (Å²) in [5, 5.41) is 19.9. The number of carbonyl (C=O) groups excluding carboxylic acids is 1. The molecule has 98 valence electrons. The first kappa shape index (κ1) is 14.0. The van der Waals surface area contributed by atoms with Gasteiger partial charge in [-0.2, -0.15) is 0 Å². The molecule has 1 fully saturated rings. The Morgan fingerprint density at radius 1 is 1.18 bits per heavy atom. The molecule has 0 aliphatic heterocycles. The van der Waals surface area contributed by atoms with Crippen LogP contribution in [0.15, 0.2) is 0 Å². The normalized spacial score (nSPS) is 19.4. The lowest BCUT2D eigenvalue weighted by molar-refractivity contribution is -0.146. The van der Waals surface area contributed by atoms with Crippen LogP contribution in [-0.4, -0.2) is 34.7 Å². The maximum atomic E-state index is 11.5. The van der Waals surface area contributed by atoms with Gasteiger partial charge in [0.15, 0.2) is 6.10 Å². The number of aliphatic carboxylic acids is 1. The zero-order valence-electron chi connectivity index (χ0n) is 10.0. The highest BCUT2D eigenvalue weighted by Crippen LogP contribution is 2.25. The van der Waals surface area contributed by atoms with Crippen LogP contribution in [0.4, 0.5) is 0 Å². The van der Waals surface area contributed by atoms with Gasteiger partial charge in [-0.25, -0.2) is 4.79 Å². The molecule has 3 N–H and O–H groups in total. The van der Waals surface area contributed by atoms with E-state index in [1.165, 1.54) is 25.7 Å². The van der Waals surface area contributed by atoms with E-state index < -0.39 is 12.1 Å². The topological polar surface area (TPSA) is 86.6 Å². The smallest absolute Gasteiger partial charge is 0.334 e. The van der Waals surface area contributed by atoms with Gasteiger partial charge in [0.25, 0.3) is 0 Å². The van der Waals surface area contributed by atoms with Gasteiger partial charge in [0.2, 0.25) is 5.91 Å². The number of hydrogen-bond donors (Lipinski definition) is 3. The second-order valence-electron chi connectivity index (χ2n) is 4.72. The van der Waals surface area contributed by atoms with Crippen LogP contribution in [0.1, 0.15) is 44.9 Å². The van der Waals surface area contributed by atoms with Gasteiger partial charge in [0, 0.05) is 6.42 Å². The number of aliphatic hydroxyl groups is 1. The molecule has 0 aromatic carbocycles. The van der Waals surface area contributed by atoms with Crippen molar-refractivity contribution in [1.29, 1.82) is 0 Å². The molecule has 1 saturated carbocycles. The van der Waals surface area contributed by atoms with Crippen molar-refractivity contribution >= 4 is 11.9 Å². The van der Waals surface area contributed by atoms with E-state index in [-0.39, 0.29) is 12.5 Å². The van der Waals surface area contributed by atoms with E-state index >= 15 is 0 Å². The highest BCUT2D eigenvalue weighted by atomic mass is 16.4. The zero-order valence-corrected chi connectivity index (χ0v) is 10.0. The minimum atomic E-state index is -1.51. The maximum Gasteiger partial charge on any atom is 0.334 e. The van der Waals surface area contributed by atoms with Gasteiger partial charge < -0.3 is 15.5 Å². The third-order valence-electron chi connectivity index (χ3n) is 3.23. The molecule has 0 spiro atoms. The molecule has 0 radical (unpaired) electrons. The summed E-state index contributed by atoms with van der Waals surface area (Å²) in [6, 6.07) is 0. The van der Waals surface area contributed by atoms with E-state index in [1.54, 1.807) is 0 Å². The van der Waals surface area contributed by atoms with Gasteiger partial charge in [-0.3, -0.25) is 4.79 Å². The average Bonchev–Trinajstić information content (AvgIpc) is 2.54. The number of amides is 1. The lowest BCUT2D eigenvalue weighted by Crippen LogP contribution is -2.37. The van der Waals surface area contributed by atoms with E-state index in [9.17, 15) is 9.59 Å². The molecule has 1 rings (SSSR count). The predicted octanol–water partition coefficient (Wildman–Crippen LogP) is 0.909. The quantitative estimate of drug-likeness (QED) is 0.626. The molecule has 17 heavy (non-hydrogen) atoms. The molecule has 0 heterocycles. The monoisotopic (exact) mass is 243 g/mol. The fourth-order valence-electron chi connectivity index (χ4n) is 2.20. The number of aliphatic hydroxyl groups excluding tert-OH is 1. The lowest BCUT2D eigenvalue weighted by atomic mass is 9.96. The molecule has 0 aromatic rings. The van der Waals surface area contributed by atoms with Gasteiger partial charge in [0.1, 0.15) is 0 Å². The summed E-state index contributed by atoms with van der Waals surface area (Å²) in [5.41, 5.74) is 0. The van der Waals surface area contributed by atoms with Crippen LogP contribution >= 0.6 is 0 Å². The molecule has 5 nitrogen and oxygen atoms in total. The van der Waals surface area contributed by atoms with Crippen molar-refractivity contribution in [1.82, 2.24) is 5.32 Å². The molecule has 0 bridgehead atoms. The van der Waals surface area contributed by atoms with E-state index in [2.05, 4.69) is 5.32 Å². The highest BCUT2D eigenvalue weighted by molar-refractivity contribution is 5.78. The van der Waals surface area contributed by atoms with Crippen molar-refractivity contribution in [3.05, 3.63) is 0 Å². The summed E-state index contributed by atoms with van der Waals surface area (Å²) in [4.78, 5) is 21.9. The first-order chi connectivity index (χ1) is 8.09. The molecular formula is C12H21NO4. The average molecular weight is 243 g/mol. The van der Waals surface area contributed by atoms with Gasteiger partial charge in [0.05, 0.1) is 6.54 Å². The number of carbonyl (C=O) groups is 2. The molecule has 1 atom stereocenters. The minimum absolute atomic E-state index is 0.155. The van der Waals surface area contributed by atoms with Crippen LogP contribution in [0.5, 0.6) is 0 Å². The molecule has 0 unspecified atom stereocenters. The Kier molecular flexibility index (Phi) is 5.97. The maximum absolute atomic E-state index is 11.5. The second-order valence-corrected chi connectivity index (χ2v) is 4.72. The summed E-state index contributed by atoms with van der Waals surface area (Å²) in [6.45, 7) is -0.207. The predicted molar refractivity (Wildman–Crippen MR) is 62.5 cm³/mol.